The van der Waals surface area contributed by atoms with E-state index in [1.807, 2.05) is 6.07 Å². The van der Waals surface area contributed by atoms with Crippen LogP contribution >= 0.6 is 11.6 Å². The second kappa shape index (κ2) is 10.6. The lowest BCUT2D eigenvalue weighted by Crippen LogP contribution is -2.33. The smallest absolute Gasteiger partial charge is 0.343 e. The maximum Gasteiger partial charge on any atom is 0.343 e. The molecule has 0 radical (unpaired) electrons. The van der Waals surface area contributed by atoms with Crippen LogP contribution in [0.2, 0.25) is 5.02 Å². The Morgan fingerprint density at radius 3 is 2.64 bits per heavy atom. The highest BCUT2D eigenvalue weighted by molar-refractivity contribution is 6.32. The Morgan fingerprint density at radius 1 is 1.32 bits per heavy atom. The van der Waals surface area contributed by atoms with Gasteiger partial charge in [-0.1, -0.05) is 24.4 Å². The van der Waals surface area contributed by atoms with E-state index in [4.69, 9.17) is 21.1 Å². The standard InChI is InChI=1S/C20H23ClN2O5/c1-3-27-17-10-13(9-16(21)19(17)28-12-18(24)26-2)8-14(11-22)20(25)23-15-6-4-5-7-15/h8-10,15H,3-7,12H2,1-2H3,(H,23,25)/b14-8-. The molecule has 7 nitrogen and oxygen atoms in total. The van der Waals surface area contributed by atoms with Crippen molar-refractivity contribution in [1.82, 2.24) is 5.32 Å². The van der Waals surface area contributed by atoms with Crippen molar-refractivity contribution in [3.05, 3.63) is 28.3 Å². The van der Waals surface area contributed by atoms with Gasteiger partial charge >= 0.3 is 5.97 Å². The van der Waals surface area contributed by atoms with Crippen LogP contribution in [0.5, 0.6) is 11.5 Å². The van der Waals surface area contributed by atoms with Crippen LogP contribution in [0.1, 0.15) is 38.2 Å². The Labute approximate surface area is 169 Å². The first kappa shape index (κ1) is 21.6. The summed E-state index contributed by atoms with van der Waals surface area (Å²) < 4.78 is 15.5. The zero-order valence-corrected chi connectivity index (χ0v) is 16.7. The van der Waals surface area contributed by atoms with Gasteiger partial charge in [0, 0.05) is 6.04 Å². The highest BCUT2D eigenvalue weighted by Crippen LogP contribution is 2.37. The second-order valence-corrected chi connectivity index (χ2v) is 6.66. The lowest BCUT2D eigenvalue weighted by molar-refractivity contribution is -0.142. The number of rotatable bonds is 8. The van der Waals surface area contributed by atoms with Crippen LogP contribution in [0.4, 0.5) is 0 Å². The van der Waals surface area contributed by atoms with Crippen molar-refractivity contribution < 1.29 is 23.8 Å². The fourth-order valence-electron chi connectivity index (χ4n) is 2.91. The van der Waals surface area contributed by atoms with Gasteiger partial charge in [0.25, 0.3) is 5.91 Å². The Hall–Kier alpha value is -2.72. The molecular weight excluding hydrogens is 384 g/mol. The third-order valence-corrected chi connectivity index (χ3v) is 4.54. The summed E-state index contributed by atoms with van der Waals surface area (Å²) in [5, 5.41) is 12.5. The lowest BCUT2D eigenvalue weighted by atomic mass is 10.1. The zero-order chi connectivity index (χ0) is 20.5. The normalized spacial score (nSPS) is 14.3. The summed E-state index contributed by atoms with van der Waals surface area (Å²) in [4.78, 5) is 23.7. The quantitative estimate of drug-likeness (QED) is 0.404. The van der Waals surface area contributed by atoms with Crippen molar-refractivity contribution in [1.29, 1.82) is 5.26 Å². The fraction of sp³-hybridized carbons (Fsp3) is 0.450. The molecule has 0 bridgehead atoms. The molecule has 0 aliphatic heterocycles. The second-order valence-electron chi connectivity index (χ2n) is 6.25. The number of nitrogens with one attached hydrogen (secondary N) is 1. The van der Waals surface area contributed by atoms with Crippen molar-refractivity contribution >= 4 is 29.6 Å². The van der Waals surface area contributed by atoms with Crippen LogP contribution in [0, 0.1) is 11.3 Å². The average Bonchev–Trinajstić information content (AvgIpc) is 3.18. The van der Waals surface area contributed by atoms with Gasteiger partial charge in [-0.15, -0.1) is 0 Å². The summed E-state index contributed by atoms with van der Waals surface area (Å²) in [6.45, 7) is 1.81. The van der Waals surface area contributed by atoms with Gasteiger partial charge in [0.2, 0.25) is 0 Å². The molecule has 8 heteroatoms. The third-order valence-electron chi connectivity index (χ3n) is 4.26. The number of nitrogens with zero attached hydrogens (tertiary/aromatic N) is 1. The number of amides is 1. The number of hydrogen-bond acceptors (Lipinski definition) is 6. The molecule has 1 N–H and O–H groups in total. The van der Waals surface area contributed by atoms with E-state index in [1.165, 1.54) is 19.3 Å². The van der Waals surface area contributed by atoms with Crippen LogP contribution in [0.3, 0.4) is 0 Å². The molecule has 1 aliphatic carbocycles. The minimum Gasteiger partial charge on any atom is -0.490 e. The Kier molecular flexibility index (Phi) is 8.15. The molecule has 0 aromatic heterocycles. The van der Waals surface area contributed by atoms with E-state index in [1.54, 1.807) is 13.0 Å². The average molecular weight is 407 g/mol. The molecule has 0 saturated heterocycles. The van der Waals surface area contributed by atoms with Gasteiger partial charge in [-0.2, -0.15) is 5.26 Å². The van der Waals surface area contributed by atoms with Gasteiger partial charge in [-0.3, -0.25) is 4.79 Å². The minimum atomic E-state index is -0.558. The molecule has 1 aliphatic rings. The van der Waals surface area contributed by atoms with E-state index < -0.39 is 11.9 Å². The number of ether oxygens (including phenoxy) is 3. The van der Waals surface area contributed by atoms with E-state index in [0.717, 1.165) is 25.7 Å². The van der Waals surface area contributed by atoms with Gasteiger partial charge in [0.15, 0.2) is 18.1 Å². The summed E-state index contributed by atoms with van der Waals surface area (Å²) in [6, 6.07) is 5.18. The van der Waals surface area contributed by atoms with Crippen molar-refractivity contribution in [3.63, 3.8) is 0 Å². The molecule has 0 atom stereocenters. The highest BCUT2D eigenvalue weighted by atomic mass is 35.5. The summed E-state index contributed by atoms with van der Waals surface area (Å²) in [6.07, 6.45) is 5.46. The molecule has 0 unspecified atom stereocenters. The summed E-state index contributed by atoms with van der Waals surface area (Å²) in [7, 11) is 1.25. The fourth-order valence-corrected chi connectivity index (χ4v) is 3.19. The maximum atomic E-state index is 12.4. The van der Waals surface area contributed by atoms with Gasteiger partial charge in [0.05, 0.1) is 18.7 Å². The van der Waals surface area contributed by atoms with Crippen molar-refractivity contribution in [2.24, 2.45) is 0 Å². The SMILES string of the molecule is CCOc1cc(/C=C(/C#N)C(=O)NC2CCCC2)cc(Cl)c1OCC(=O)OC. The molecule has 1 amide bonds. The monoisotopic (exact) mass is 406 g/mol. The number of nitriles is 1. The van der Waals surface area contributed by atoms with E-state index in [0.29, 0.717) is 17.9 Å². The number of benzene rings is 1. The first-order chi connectivity index (χ1) is 13.5. The van der Waals surface area contributed by atoms with Crippen LogP contribution in [0.25, 0.3) is 6.08 Å². The Morgan fingerprint density at radius 2 is 2.04 bits per heavy atom. The number of carbonyl (C=O) groups is 2. The molecule has 0 spiro atoms. The third kappa shape index (κ3) is 5.89. The molecule has 1 aromatic carbocycles. The molecule has 2 rings (SSSR count). The maximum absolute atomic E-state index is 12.4. The number of halogens is 1. The number of carbonyl (C=O) groups excluding carboxylic acids is 2. The van der Waals surface area contributed by atoms with Gasteiger partial charge in [-0.25, -0.2) is 4.79 Å². The van der Waals surface area contributed by atoms with Crippen molar-refractivity contribution in [2.45, 2.75) is 38.6 Å². The lowest BCUT2D eigenvalue weighted by Gasteiger charge is -2.14. The van der Waals surface area contributed by atoms with E-state index in [9.17, 15) is 14.9 Å². The van der Waals surface area contributed by atoms with E-state index >= 15 is 0 Å². The molecular formula is C20H23ClN2O5. The first-order valence-electron chi connectivity index (χ1n) is 9.07. The largest absolute Gasteiger partial charge is 0.490 e. The van der Waals surface area contributed by atoms with Gasteiger partial charge in [0.1, 0.15) is 11.6 Å². The Bertz CT molecular complexity index is 795. The molecule has 28 heavy (non-hydrogen) atoms. The predicted octanol–water partition coefficient (Wildman–Crippen LogP) is 3.26. The van der Waals surface area contributed by atoms with Gasteiger partial charge < -0.3 is 19.5 Å². The van der Waals surface area contributed by atoms with E-state index in [2.05, 4.69) is 10.1 Å². The Balaban J connectivity index is 2.25. The highest BCUT2D eigenvalue weighted by Gasteiger charge is 2.20. The van der Waals surface area contributed by atoms with Crippen LogP contribution in [-0.2, 0) is 14.3 Å². The summed E-state index contributed by atoms with van der Waals surface area (Å²) in [5.41, 5.74) is 0.491. The van der Waals surface area contributed by atoms with Gasteiger partial charge in [-0.05, 0) is 43.5 Å². The number of esters is 1. The number of hydrogen-bond donors (Lipinski definition) is 1. The first-order valence-corrected chi connectivity index (χ1v) is 9.44. The molecule has 1 fully saturated rings. The van der Waals surface area contributed by atoms with Crippen LogP contribution in [-0.4, -0.2) is 38.2 Å². The zero-order valence-electron chi connectivity index (χ0n) is 15.9. The summed E-state index contributed by atoms with van der Waals surface area (Å²) >= 11 is 6.27. The van der Waals surface area contributed by atoms with E-state index in [-0.39, 0.29) is 29.0 Å². The topological polar surface area (TPSA) is 97.6 Å². The van der Waals surface area contributed by atoms with Crippen LogP contribution in [0.15, 0.2) is 17.7 Å². The minimum absolute atomic E-state index is 0.0198. The summed E-state index contributed by atoms with van der Waals surface area (Å²) in [5.74, 6) is -0.467. The predicted molar refractivity (Wildman–Crippen MR) is 104 cm³/mol. The van der Waals surface area contributed by atoms with Crippen LogP contribution < -0.4 is 14.8 Å². The molecule has 1 saturated carbocycles. The number of methoxy groups -OCH3 is 1. The molecule has 1 aromatic rings. The van der Waals surface area contributed by atoms with Crippen molar-refractivity contribution in [3.8, 4) is 17.6 Å². The molecule has 0 heterocycles. The molecule has 150 valence electrons. The van der Waals surface area contributed by atoms with Crippen molar-refractivity contribution in [2.75, 3.05) is 20.3 Å².